The normalized spacial score (nSPS) is 10.3. The molecule has 3 aromatic rings. The van der Waals surface area contributed by atoms with Gasteiger partial charge in [0.05, 0.1) is 0 Å². The number of hydrogen-bond donors (Lipinski definition) is 3. The van der Waals surface area contributed by atoms with E-state index in [1.165, 1.54) is 0 Å². The highest BCUT2D eigenvalue weighted by atomic mass is 32.1. The van der Waals surface area contributed by atoms with Gasteiger partial charge in [-0.3, -0.25) is 14.9 Å². The second-order valence-electron chi connectivity index (χ2n) is 7.67. The minimum atomic E-state index is -0.368. The standard InChI is InChI=1S/C26H27N3O4S/c1-18(2)24(30)27-20-9-7-10-21(17-20)28-26(34)29-25(31)19-8-6-13-23(16-19)33-15-14-32-22-11-4-3-5-12-22/h3-13,16-18H,14-15H2,1-2H3,(H,27,30)(H2,28,29,31,34). The molecule has 3 N–H and O–H groups in total. The van der Waals surface area contributed by atoms with Crippen LogP contribution >= 0.6 is 12.2 Å². The monoisotopic (exact) mass is 477 g/mol. The first kappa shape index (κ1) is 24.7. The third-order valence-electron chi connectivity index (χ3n) is 4.60. The lowest BCUT2D eigenvalue weighted by Gasteiger charge is -2.13. The van der Waals surface area contributed by atoms with Gasteiger partial charge in [0, 0.05) is 22.9 Å². The average molecular weight is 478 g/mol. The molecule has 0 bridgehead atoms. The van der Waals surface area contributed by atoms with Crippen molar-refractivity contribution < 1.29 is 19.1 Å². The van der Waals surface area contributed by atoms with Crippen LogP contribution in [0, 0.1) is 5.92 Å². The molecule has 0 aliphatic carbocycles. The number of benzene rings is 3. The summed E-state index contributed by atoms with van der Waals surface area (Å²) in [6, 6.07) is 23.4. The lowest BCUT2D eigenvalue weighted by Crippen LogP contribution is -2.34. The highest BCUT2D eigenvalue weighted by Gasteiger charge is 2.11. The molecule has 176 valence electrons. The fourth-order valence-corrected chi connectivity index (χ4v) is 3.07. The van der Waals surface area contributed by atoms with E-state index in [0.29, 0.717) is 35.9 Å². The van der Waals surface area contributed by atoms with E-state index in [1.807, 2.05) is 44.2 Å². The molecule has 0 aromatic heterocycles. The molecule has 3 aromatic carbocycles. The number of carbonyl (C=O) groups excluding carboxylic acids is 2. The van der Waals surface area contributed by atoms with Gasteiger partial charge in [-0.1, -0.05) is 44.2 Å². The Morgan fingerprint density at radius 3 is 2.12 bits per heavy atom. The third kappa shape index (κ3) is 7.90. The van der Waals surface area contributed by atoms with Crippen LogP contribution in [-0.4, -0.2) is 30.1 Å². The molecule has 0 unspecified atom stereocenters. The zero-order valence-electron chi connectivity index (χ0n) is 19.0. The Morgan fingerprint density at radius 2 is 1.41 bits per heavy atom. The number of ether oxygens (including phenoxy) is 2. The Kier molecular flexibility index (Phi) is 8.99. The lowest BCUT2D eigenvalue weighted by molar-refractivity contribution is -0.118. The Bertz CT molecular complexity index is 1140. The Balaban J connectivity index is 1.49. The van der Waals surface area contributed by atoms with Gasteiger partial charge in [0.2, 0.25) is 5.91 Å². The second kappa shape index (κ2) is 12.4. The maximum atomic E-state index is 12.6. The third-order valence-corrected chi connectivity index (χ3v) is 4.80. The van der Waals surface area contributed by atoms with Crippen molar-refractivity contribution in [1.29, 1.82) is 0 Å². The molecule has 0 aliphatic rings. The van der Waals surface area contributed by atoms with Crippen LogP contribution in [0.1, 0.15) is 24.2 Å². The predicted molar refractivity (Wildman–Crippen MR) is 137 cm³/mol. The van der Waals surface area contributed by atoms with Crippen LogP contribution in [0.5, 0.6) is 11.5 Å². The van der Waals surface area contributed by atoms with Crippen LogP contribution in [-0.2, 0) is 4.79 Å². The first-order chi connectivity index (χ1) is 16.4. The van der Waals surface area contributed by atoms with Gasteiger partial charge in [0.15, 0.2) is 5.11 Å². The Morgan fingerprint density at radius 1 is 0.794 bits per heavy atom. The molecule has 0 fully saturated rings. The van der Waals surface area contributed by atoms with Gasteiger partial charge in [-0.25, -0.2) is 0 Å². The van der Waals surface area contributed by atoms with Crippen molar-refractivity contribution in [3.05, 3.63) is 84.4 Å². The fraction of sp³-hybridized carbons (Fsp3) is 0.192. The maximum absolute atomic E-state index is 12.6. The summed E-state index contributed by atoms with van der Waals surface area (Å²) in [5.74, 6) is 0.743. The summed E-state index contributed by atoms with van der Waals surface area (Å²) >= 11 is 5.27. The largest absolute Gasteiger partial charge is 0.490 e. The molecule has 0 saturated heterocycles. The highest BCUT2D eigenvalue weighted by molar-refractivity contribution is 7.80. The van der Waals surface area contributed by atoms with Crippen molar-refractivity contribution in [2.75, 3.05) is 23.8 Å². The van der Waals surface area contributed by atoms with E-state index in [4.69, 9.17) is 21.7 Å². The number of amides is 2. The number of carbonyl (C=O) groups is 2. The molecule has 34 heavy (non-hydrogen) atoms. The van der Waals surface area contributed by atoms with Crippen LogP contribution in [0.3, 0.4) is 0 Å². The van der Waals surface area contributed by atoms with Crippen LogP contribution in [0.4, 0.5) is 11.4 Å². The van der Waals surface area contributed by atoms with Gasteiger partial charge in [0.1, 0.15) is 24.7 Å². The number of para-hydroxylation sites is 1. The van der Waals surface area contributed by atoms with Gasteiger partial charge >= 0.3 is 0 Å². The zero-order valence-corrected chi connectivity index (χ0v) is 19.9. The lowest BCUT2D eigenvalue weighted by atomic mass is 10.2. The van der Waals surface area contributed by atoms with Gasteiger partial charge in [0.25, 0.3) is 5.91 Å². The summed E-state index contributed by atoms with van der Waals surface area (Å²) < 4.78 is 11.3. The molecule has 0 atom stereocenters. The molecule has 0 aliphatic heterocycles. The summed E-state index contributed by atoms with van der Waals surface area (Å²) in [7, 11) is 0. The SMILES string of the molecule is CC(C)C(=O)Nc1cccc(NC(=S)NC(=O)c2cccc(OCCOc3ccccc3)c2)c1. The smallest absolute Gasteiger partial charge is 0.257 e. The van der Waals surface area contributed by atoms with Crippen LogP contribution < -0.4 is 25.4 Å². The number of hydrogen-bond acceptors (Lipinski definition) is 5. The number of anilines is 2. The van der Waals surface area contributed by atoms with E-state index in [9.17, 15) is 9.59 Å². The van der Waals surface area contributed by atoms with Crippen molar-refractivity contribution in [2.45, 2.75) is 13.8 Å². The van der Waals surface area contributed by atoms with E-state index in [0.717, 1.165) is 5.75 Å². The molecule has 2 amide bonds. The molecular formula is C26H27N3O4S. The average Bonchev–Trinajstić information content (AvgIpc) is 2.83. The summed E-state index contributed by atoms with van der Waals surface area (Å²) in [5.41, 5.74) is 1.69. The molecule has 8 heteroatoms. The molecule has 0 spiro atoms. The van der Waals surface area contributed by atoms with E-state index >= 15 is 0 Å². The van der Waals surface area contributed by atoms with Crippen molar-refractivity contribution in [1.82, 2.24) is 5.32 Å². The van der Waals surface area contributed by atoms with Crippen LogP contribution in [0.2, 0.25) is 0 Å². The van der Waals surface area contributed by atoms with Crippen LogP contribution in [0.15, 0.2) is 78.9 Å². The van der Waals surface area contributed by atoms with Crippen molar-refractivity contribution in [3.63, 3.8) is 0 Å². The maximum Gasteiger partial charge on any atom is 0.257 e. The first-order valence-corrected chi connectivity index (χ1v) is 11.3. The van der Waals surface area contributed by atoms with E-state index in [2.05, 4.69) is 16.0 Å². The summed E-state index contributed by atoms with van der Waals surface area (Å²) in [4.78, 5) is 24.5. The van der Waals surface area contributed by atoms with E-state index < -0.39 is 0 Å². The van der Waals surface area contributed by atoms with E-state index in [1.54, 1.807) is 48.5 Å². The van der Waals surface area contributed by atoms with Gasteiger partial charge in [-0.2, -0.15) is 0 Å². The molecule has 0 saturated carbocycles. The number of nitrogens with one attached hydrogen (secondary N) is 3. The number of rotatable bonds is 9. The topological polar surface area (TPSA) is 88.7 Å². The van der Waals surface area contributed by atoms with Gasteiger partial charge in [-0.15, -0.1) is 0 Å². The minimum absolute atomic E-state index is 0.0817. The number of thiocarbonyl (C=S) groups is 1. The van der Waals surface area contributed by atoms with Gasteiger partial charge in [-0.05, 0) is 60.7 Å². The minimum Gasteiger partial charge on any atom is -0.490 e. The summed E-state index contributed by atoms with van der Waals surface area (Å²) in [6.45, 7) is 4.36. The first-order valence-electron chi connectivity index (χ1n) is 10.8. The van der Waals surface area contributed by atoms with Crippen molar-refractivity contribution >= 4 is 40.5 Å². The van der Waals surface area contributed by atoms with E-state index in [-0.39, 0.29) is 22.8 Å². The van der Waals surface area contributed by atoms with Crippen LogP contribution in [0.25, 0.3) is 0 Å². The Hall–Kier alpha value is -3.91. The highest BCUT2D eigenvalue weighted by Crippen LogP contribution is 2.17. The molecule has 0 heterocycles. The molecule has 7 nitrogen and oxygen atoms in total. The Labute approximate surface area is 204 Å². The predicted octanol–water partition coefficient (Wildman–Crippen LogP) is 4.87. The summed E-state index contributed by atoms with van der Waals surface area (Å²) in [6.07, 6.45) is 0. The molecule has 3 rings (SSSR count). The molecule has 0 radical (unpaired) electrons. The molecular weight excluding hydrogens is 450 g/mol. The van der Waals surface area contributed by atoms with Crippen molar-refractivity contribution in [3.8, 4) is 11.5 Å². The van der Waals surface area contributed by atoms with Crippen molar-refractivity contribution in [2.24, 2.45) is 5.92 Å². The second-order valence-corrected chi connectivity index (χ2v) is 8.08. The van der Waals surface area contributed by atoms with Gasteiger partial charge < -0.3 is 20.1 Å². The fourth-order valence-electron chi connectivity index (χ4n) is 2.86. The zero-order chi connectivity index (χ0) is 24.3. The summed E-state index contributed by atoms with van der Waals surface area (Å²) in [5, 5.41) is 8.58. The quantitative estimate of drug-likeness (QED) is 0.301.